The van der Waals surface area contributed by atoms with E-state index >= 15 is 0 Å². The first kappa shape index (κ1) is 16.6. The van der Waals surface area contributed by atoms with Crippen LogP contribution in [0.15, 0.2) is 0 Å². The van der Waals surface area contributed by atoms with Gasteiger partial charge in [0.15, 0.2) is 2.10 Å². The van der Waals surface area contributed by atoms with Gasteiger partial charge < -0.3 is 0 Å². The molecule has 0 aromatic rings. The Morgan fingerprint density at radius 2 is 0.588 bits per heavy atom. The third kappa shape index (κ3) is 2.28. The van der Waals surface area contributed by atoms with Crippen molar-refractivity contribution >= 4 is 41.2 Å². The van der Waals surface area contributed by atoms with Crippen molar-refractivity contribution in [3.05, 3.63) is 0 Å². The molecule has 0 aliphatic carbocycles. The molecule has 104 valence electrons. The van der Waals surface area contributed by atoms with Crippen LogP contribution in [0.25, 0.3) is 0 Å². The molecule has 17 heavy (non-hydrogen) atoms. The number of rotatable bonds is 4. The molecule has 0 aliphatic heterocycles. The fourth-order valence-corrected chi connectivity index (χ4v) is 6.43. The second-order valence-corrected chi connectivity index (χ2v) is 9.40. The van der Waals surface area contributed by atoms with Crippen molar-refractivity contribution in [2.75, 3.05) is 0 Å². The molecule has 0 saturated carbocycles. The number of hydrogen-bond donors (Lipinski definition) is 4. The lowest BCUT2D eigenvalue weighted by Gasteiger charge is -2.19. The fourth-order valence-electron chi connectivity index (χ4n) is 0.714. The Kier molecular flexibility index (Phi) is 3.71. The predicted molar refractivity (Wildman–Crippen MR) is 46.5 cm³/mol. The van der Waals surface area contributed by atoms with Gasteiger partial charge in [0, 0.05) is 0 Å². The quantitative estimate of drug-likeness (QED) is 0.298. The third-order valence-electron chi connectivity index (χ3n) is 1.13. The maximum absolute atomic E-state index is 10.5. The average molecular weight is 338 g/mol. The van der Waals surface area contributed by atoms with Gasteiger partial charge >= 0.3 is 41.2 Å². The molecule has 0 bridgehead atoms. The highest BCUT2D eigenvalue weighted by Gasteiger charge is 2.74. The average Bonchev–Trinajstić information content (AvgIpc) is 1.67. The summed E-state index contributed by atoms with van der Waals surface area (Å²) in [5, 5.41) is 0. The Hall–Kier alpha value is -0.400. The largest absolute Gasteiger partial charge is 0.484 e. The summed E-state index contributed by atoms with van der Waals surface area (Å²) < 4.78 is 112. The van der Waals surface area contributed by atoms with Crippen molar-refractivity contribution in [2.45, 2.75) is 0 Å². The minimum atomic E-state index is -6.78. The summed E-state index contributed by atoms with van der Waals surface area (Å²) >= 11 is 0. The van der Waals surface area contributed by atoms with Crippen LogP contribution in [0.5, 0.6) is 0 Å². The van der Waals surface area contributed by atoms with E-state index in [2.05, 4.69) is 0 Å². The molecule has 0 spiro atoms. The molecule has 0 atom stereocenters. The second-order valence-electron chi connectivity index (χ2n) is 2.24. The van der Waals surface area contributed by atoms with Crippen molar-refractivity contribution in [1.82, 2.24) is 0 Å². The molecule has 0 amide bonds. The Labute approximate surface area is 95.4 Å². The van der Waals surface area contributed by atoms with Crippen LogP contribution < -0.4 is 0 Å². The van der Waals surface area contributed by atoms with Crippen LogP contribution in [0.1, 0.15) is 0 Å². The fraction of sp³-hybridized carbons (Fsp3) is 0. The molecule has 0 heterocycles. The van der Waals surface area contributed by atoms with E-state index in [1.165, 1.54) is 0 Å². The molecule has 17 heteroatoms. The Morgan fingerprint density at radius 1 is 0.471 bits per heavy atom. The van der Waals surface area contributed by atoms with E-state index in [9.17, 15) is 33.7 Å². The van der Waals surface area contributed by atoms with Crippen LogP contribution in [-0.2, 0) is 41.2 Å². The first-order valence-corrected chi connectivity index (χ1v) is 8.38. The zero-order valence-electron chi connectivity index (χ0n) is 7.14. The molecular weight excluding hydrogens is 334 g/mol. The summed E-state index contributed by atoms with van der Waals surface area (Å²) in [7, 11) is -27.1. The van der Waals surface area contributed by atoms with Crippen LogP contribution in [0.4, 0.5) is 0 Å². The van der Waals surface area contributed by atoms with Crippen LogP contribution in [0.3, 0.4) is 0 Å². The van der Waals surface area contributed by atoms with Crippen molar-refractivity contribution in [3.63, 3.8) is 0 Å². The van der Waals surface area contributed by atoms with Crippen molar-refractivity contribution < 1.29 is 54.0 Å². The summed E-state index contributed by atoms with van der Waals surface area (Å²) in [5.41, 5.74) is 0. The van der Waals surface area contributed by atoms with Gasteiger partial charge in [0.05, 0.1) is 0 Å². The number of nitrogens with zero attached hydrogens (tertiary/aromatic N) is 1. The maximum atomic E-state index is 10.5. The van der Waals surface area contributed by atoms with Gasteiger partial charge in [-0.2, -0.15) is 0 Å². The second kappa shape index (κ2) is 3.80. The van der Waals surface area contributed by atoms with E-state index in [0.29, 0.717) is 0 Å². The number of hydrogen-bond acceptors (Lipinski definition) is 8. The summed E-state index contributed by atoms with van der Waals surface area (Å²) in [4.78, 5) is 0. The van der Waals surface area contributed by atoms with Gasteiger partial charge in [0.2, 0.25) is 0 Å². The Balaban J connectivity index is 7.38. The molecule has 0 aromatic heterocycles. The van der Waals surface area contributed by atoms with Gasteiger partial charge in [-0.25, -0.2) is 18.2 Å². The van der Waals surface area contributed by atoms with E-state index in [1.54, 1.807) is 0 Å². The van der Waals surface area contributed by atoms with Crippen LogP contribution in [0.2, 0.25) is 0 Å². The predicted octanol–water partition coefficient (Wildman–Crippen LogP) is -2.99. The van der Waals surface area contributed by atoms with Gasteiger partial charge in [-0.3, -0.25) is 0 Å². The SMILES string of the molecule is O=S(=O)(O)[N+](S(=O)(=O)O)(S(=O)(=O)O)S(=O)(=O)O. The Bertz CT molecular complexity index is 577. The highest BCUT2D eigenvalue weighted by Crippen LogP contribution is 2.30. The highest BCUT2D eigenvalue weighted by molar-refractivity contribution is 8.15. The van der Waals surface area contributed by atoms with Gasteiger partial charge in [-0.1, -0.05) is 0 Å². The van der Waals surface area contributed by atoms with Crippen LogP contribution >= 0.6 is 0 Å². The lowest BCUT2D eigenvalue weighted by molar-refractivity contribution is -0.394. The summed E-state index contributed by atoms with van der Waals surface area (Å²) in [6.07, 6.45) is 0. The van der Waals surface area contributed by atoms with Crippen molar-refractivity contribution in [2.24, 2.45) is 0 Å². The zero-order chi connectivity index (χ0) is 14.5. The molecule has 0 unspecified atom stereocenters. The molecule has 13 nitrogen and oxygen atoms in total. The molecule has 4 N–H and O–H groups in total. The van der Waals surface area contributed by atoms with Crippen molar-refractivity contribution in [1.29, 1.82) is 0 Å². The van der Waals surface area contributed by atoms with Gasteiger partial charge in [-0.05, 0) is 0 Å². The molecule has 0 saturated heterocycles. The maximum Gasteiger partial charge on any atom is 0.484 e. The lowest BCUT2D eigenvalue weighted by atomic mass is 13.8. The molecule has 0 rings (SSSR count). The minimum Gasteiger partial charge on any atom is -0.238 e. The van der Waals surface area contributed by atoms with E-state index < -0.39 is 43.3 Å². The van der Waals surface area contributed by atoms with Crippen LogP contribution in [-0.4, -0.2) is 54.0 Å². The molecule has 0 radical (unpaired) electrons. The zero-order valence-corrected chi connectivity index (χ0v) is 10.4. The third-order valence-corrected chi connectivity index (χ3v) is 10.2. The summed E-state index contributed by atoms with van der Waals surface area (Å²) in [5.74, 6) is 0. The molecule has 0 aliphatic rings. The smallest absolute Gasteiger partial charge is 0.238 e. The van der Waals surface area contributed by atoms with E-state index in [4.69, 9.17) is 18.2 Å². The highest BCUT2D eigenvalue weighted by atomic mass is 32.4. The first-order chi connectivity index (χ1) is 7.00. The normalized spacial score (nSPS) is 15.8. The number of quaternary nitrogens is 1. The van der Waals surface area contributed by atoms with E-state index in [0.717, 1.165) is 0 Å². The Morgan fingerprint density at radius 3 is 0.588 bits per heavy atom. The molecule has 0 fully saturated rings. The summed E-state index contributed by atoms with van der Waals surface area (Å²) in [6, 6.07) is 0. The van der Waals surface area contributed by atoms with E-state index in [1.807, 2.05) is 0 Å². The molecule has 0 aromatic carbocycles. The topological polar surface area (TPSA) is 217 Å². The van der Waals surface area contributed by atoms with Crippen LogP contribution in [0, 0.1) is 0 Å². The van der Waals surface area contributed by atoms with E-state index in [-0.39, 0.29) is 0 Å². The van der Waals surface area contributed by atoms with Gasteiger partial charge in [0.25, 0.3) is 0 Å². The first-order valence-electron chi connectivity index (χ1n) is 2.79. The van der Waals surface area contributed by atoms with Gasteiger partial charge in [0.1, 0.15) is 0 Å². The van der Waals surface area contributed by atoms with Crippen molar-refractivity contribution in [3.8, 4) is 0 Å². The monoisotopic (exact) mass is 338 g/mol. The standard InChI is InChI=1S/H3NO12S4/c2-14(3,4)1(15(5,6)7,16(8,9)10)17(11,12)13/h(H3-,2,3,4,5,6,7,8,9,10,11,12,13)/p+1. The summed E-state index contributed by atoms with van der Waals surface area (Å²) in [6.45, 7) is 0. The van der Waals surface area contributed by atoms with Gasteiger partial charge in [-0.15, -0.1) is 33.7 Å². The molecular formula is H4NO12S4+. The lowest BCUT2D eigenvalue weighted by Crippen LogP contribution is -2.62. The minimum absolute atomic E-state index is 4.81.